The zero-order valence-electron chi connectivity index (χ0n) is 11.3. The molecule has 0 radical (unpaired) electrons. The minimum absolute atomic E-state index is 0.0699. The third-order valence-corrected chi connectivity index (χ3v) is 5.86. The monoisotopic (exact) mass is 299 g/mol. The molecule has 1 aliphatic heterocycles. The highest BCUT2D eigenvalue weighted by Crippen LogP contribution is 2.33. The Kier molecular flexibility index (Phi) is 3.84. The molecule has 1 aliphatic rings. The lowest BCUT2D eigenvalue weighted by Gasteiger charge is -2.37. The number of nitrogens with one attached hydrogen (secondary N) is 1. The highest BCUT2D eigenvalue weighted by Gasteiger charge is 2.38. The fraction of sp³-hybridized carbons (Fsp3) is 0.462. The number of piperidine rings is 1. The van der Waals surface area contributed by atoms with Crippen LogP contribution in [0.25, 0.3) is 0 Å². The van der Waals surface area contributed by atoms with Gasteiger partial charge in [-0.05, 0) is 25.0 Å². The van der Waals surface area contributed by atoms with E-state index in [1.54, 1.807) is 0 Å². The van der Waals surface area contributed by atoms with Crippen molar-refractivity contribution in [1.82, 2.24) is 4.31 Å². The number of hydrogen-bond acceptors (Lipinski definition) is 3. The highest BCUT2D eigenvalue weighted by molar-refractivity contribution is 7.89. The van der Waals surface area contributed by atoms with E-state index in [4.69, 9.17) is 11.1 Å². The Morgan fingerprint density at radius 3 is 2.40 bits per heavy atom. The molecule has 0 aliphatic carbocycles. The summed E-state index contributed by atoms with van der Waals surface area (Å²) in [5.41, 5.74) is 5.08. The normalized spacial score (nSPS) is 19.7. The smallest absolute Gasteiger partial charge is 0.245 e. The summed E-state index contributed by atoms with van der Waals surface area (Å²) in [6, 6.07) is 5.36. The molecule has 1 saturated heterocycles. The molecule has 110 valence electrons. The third-order valence-electron chi connectivity index (χ3n) is 3.93. The maximum atomic E-state index is 13.7. The first-order valence-electron chi connectivity index (χ1n) is 6.36. The maximum Gasteiger partial charge on any atom is 0.245 e. The van der Waals surface area contributed by atoms with Crippen LogP contribution < -0.4 is 5.73 Å². The van der Waals surface area contributed by atoms with Crippen LogP contribution in [-0.4, -0.2) is 31.6 Å². The lowest BCUT2D eigenvalue weighted by atomic mass is 9.80. The van der Waals surface area contributed by atoms with Crippen molar-refractivity contribution in [3.63, 3.8) is 0 Å². The number of hydrogen-bond donors (Lipinski definition) is 2. The summed E-state index contributed by atoms with van der Waals surface area (Å²) < 4.78 is 39.7. The van der Waals surface area contributed by atoms with Crippen LogP contribution in [0.3, 0.4) is 0 Å². The van der Waals surface area contributed by atoms with Crippen LogP contribution in [0, 0.1) is 16.6 Å². The zero-order valence-corrected chi connectivity index (χ0v) is 12.1. The number of nitrogens with two attached hydrogens (primary N) is 1. The number of halogens is 1. The molecule has 0 bridgehead atoms. The topological polar surface area (TPSA) is 87.2 Å². The summed E-state index contributed by atoms with van der Waals surface area (Å²) in [6.07, 6.45) is 0.937. The molecule has 3 N–H and O–H groups in total. The standard InChI is InChI=1S/C13H18FN3O2S/c1-13(12(15)16)6-8-17(9-7-13)20(18,19)11-5-3-2-4-10(11)14/h2-5H,6-9H2,1H3,(H3,15,16). The summed E-state index contributed by atoms with van der Waals surface area (Å²) in [6.45, 7) is 2.34. The molecule has 20 heavy (non-hydrogen) atoms. The fourth-order valence-electron chi connectivity index (χ4n) is 2.28. The van der Waals surface area contributed by atoms with Crippen molar-refractivity contribution in [2.24, 2.45) is 11.1 Å². The van der Waals surface area contributed by atoms with E-state index in [1.807, 2.05) is 6.92 Å². The Morgan fingerprint density at radius 1 is 1.35 bits per heavy atom. The largest absolute Gasteiger partial charge is 0.387 e. The van der Waals surface area contributed by atoms with Crippen LogP contribution in [0.5, 0.6) is 0 Å². The van der Waals surface area contributed by atoms with Crippen LogP contribution in [-0.2, 0) is 10.0 Å². The molecule has 0 atom stereocenters. The van der Waals surface area contributed by atoms with Gasteiger partial charge < -0.3 is 5.73 Å². The third kappa shape index (κ3) is 2.55. The van der Waals surface area contributed by atoms with E-state index >= 15 is 0 Å². The molecule has 0 amide bonds. The second-order valence-electron chi connectivity index (χ2n) is 5.31. The van der Waals surface area contributed by atoms with Crippen molar-refractivity contribution < 1.29 is 12.8 Å². The van der Waals surface area contributed by atoms with Crippen molar-refractivity contribution >= 4 is 15.9 Å². The van der Waals surface area contributed by atoms with Crippen molar-refractivity contribution in [3.8, 4) is 0 Å². The van der Waals surface area contributed by atoms with Crippen LogP contribution >= 0.6 is 0 Å². The SMILES string of the molecule is CC1(C(=N)N)CCN(S(=O)(=O)c2ccccc2F)CC1. The lowest BCUT2D eigenvalue weighted by molar-refractivity contribution is 0.240. The summed E-state index contributed by atoms with van der Waals surface area (Å²) >= 11 is 0. The van der Waals surface area contributed by atoms with Crippen LogP contribution in [0.4, 0.5) is 4.39 Å². The van der Waals surface area contributed by atoms with Crippen LogP contribution in [0.1, 0.15) is 19.8 Å². The molecule has 0 spiro atoms. The molecule has 0 saturated carbocycles. The molecule has 5 nitrogen and oxygen atoms in total. The van der Waals surface area contributed by atoms with E-state index < -0.39 is 21.3 Å². The van der Waals surface area contributed by atoms with Gasteiger partial charge in [-0.3, -0.25) is 5.41 Å². The highest BCUT2D eigenvalue weighted by atomic mass is 32.2. The molecule has 2 rings (SSSR count). The summed E-state index contributed by atoms with van der Waals surface area (Å²) in [5, 5.41) is 7.56. The molecule has 1 aromatic rings. The van der Waals surface area contributed by atoms with E-state index in [2.05, 4.69) is 0 Å². The van der Waals surface area contributed by atoms with E-state index in [0.717, 1.165) is 6.07 Å². The summed E-state index contributed by atoms with van der Waals surface area (Å²) in [4.78, 5) is -0.300. The number of amidine groups is 1. The van der Waals surface area contributed by atoms with Crippen LogP contribution in [0.15, 0.2) is 29.2 Å². The van der Waals surface area contributed by atoms with Crippen molar-refractivity contribution in [2.45, 2.75) is 24.7 Å². The maximum absolute atomic E-state index is 13.7. The van der Waals surface area contributed by atoms with Gasteiger partial charge in [0.15, 0.2) is 0 Å². The second-order valence-corrected chi connectivity index (χ2v) is 7.22. The summed E-state index contributed by atoms with van der Waals surface area (Å²) in [5.74, 6) is -0.673. The molecule has 1 fully saturated rings. The van der Waals surface area contributed by atoms with Gasteiger partial charge >= 0.3 is 0 Å². The molecular formula is C13H18FN3O2S. The van der Waals surface area contributed by atoms with Gasteiger partial charge in [-0.1, -0.05) is 19.1 Å². The zero-order chi connectivity index (χ0) is 15.0. The first kappa shape index (κ1) is 14.9. The van der Waals surface area contributed by atoms with Gasteiger partial charge in [-0.2, -0.15) is 4.31 Å². The van der Waals surface area contributed by atoms with E-state index in [-0.39, 0.29) is 23.8 Å². The molecular weight excluding hydrogens is 281 g/mol. The minimum Gasteiger partial charge on any atom is -0.387 e. The number of benzene rings is 1. The van der Waals surface area contributed by atoms with Gasteiger partial charge in [0.25, 0.3) is 0 Å². The Morgan fingerprint density at radius 2 is 1.90 bits per heavy atom. The number of sulfonamides is 1. The molecule has 1 aromatic carbocycles. The van der Waals surface area contributed by atoms with Crippen molar-refractivity contribution in [3.05, 3.63) is 30.1 Å². The van der Waals surface area contributed by atoms with Gasteiger partial charge in [0.1, 0.15) is 10.7 Å². The molecule has 0 unspecified atom stereocenters. The van der Waals surface area contributed by atoms with Crippen molar-refractivity contribution in [2.75, 3.05) is 13.1 Å². The Labute approximate surface area is 118 Å². The fourth-order valence-corrected chi connectivity index (χ4v) is 3.79. The average molecular weight is 299 g/mol. The van der Waals surface area contributed by atoms with Gasteiger partial charge in [0.05, 0.1) is 5.84 Å². The minimum atomic E-state index is -3.82. The lowest BCUT2D eigenvalue weighted by Crippen LogP contribution is -2.47. The Bertz CT molecular complexity index is 622. The quantitative estimate of drug-likeness (QED) is 0.656. The summed E-state index contributed by atoms with van der Waals surface area (Å²) in [7, 11) is -3.82. The van der Waals surface area contributed by atoms with E-state index in [1.165, 1.54) is 22.5 Å². The number of rotatable bonds is 3. The van der Waals surface area contributed by atoms with E-state index in [9.17, 15) is 12.8 Å². The first-order valence-corrected chi connectivity index (χ1v) is 7.80. The average Bonchev–Trinajstić information content (AvgIpc) is 2.39. The Balaban J connectivity index is 2.22. The van der Waals surface area contributed by atoms with Gasteiger partial charge in [0.2, 0.25) is 10.0 Å². The Hall–Kier alpha value is -1.47. The predicted octanol–water partition coefficient (Wildman–Crippen LogP) is 1.55. The van der Waals surface area contributed by atoms with Gasteiger partial charge in [0, 0.05) is 18.5 Å². The predicted molar refractivity (Wildman–Crippen MR) is 74.4 cm³/mol. The number of nitrogens with zero attached hydrogens (tertiary/aromatic N) is 1. The molecule has 1 heterocycles. The van der Waals surface area contributed by atoms with Crippen LogP contribution in [0.2, 0.25) is 0 Å². The van der Waals surface area contributed by atoms with E-state index in [0.29, 0.717) is 12.8 Å². The molecule has 7 heteroatoms. The molecule has 0 aromatic heterocycles. The van der Waals surface area contributed by atoms with Gasteiger partial charge in [-0.15, -0.1) is 0 Å². The first-order chi connectivity index (χ1) is 9.27. The van der Waals surface area contributed by atoms with Crippen molar-refractivity contribution in [1.29, 1.82) is 5.41 Å². The second kappa shape index (κ2) is 5.14. The van der Waals surface area contributed by atoms with Gasteiger partial charge in [-0.25, -0.2) is 12.8 Å².